The fourth-order valence-corrected chi connectivity index (χ4v) is 4.30. The number of ether oxygens (including phenoxy) is 1. The second-order valence-electron chi connectivity index (χ2n) is 7.45. The third-order valence-electron chi connectivity index (χ3n) is 5.61. The van der Waals surface area contributed by atoms with E-state index in [0.29, 0.717) is 12.2 Å². The highest BCUT2D eigenvalue weighted by molar-refractivity contribution is 6.02. The molecule has 2 heterocycles. The van der Waals surface area contributed by atoms with Gasteiger partial charge in [0.25, 0.3) is 0 Å². The summed E-state index contributed by atoms with van der Waals surface area (Å²) in [6.07, 6.45) is 5.14. The minimum atomic E-state index is -0.687. The van der Waals surface area contributed by atoms with Crippen LogP contribution in [0.15, 0.2) is 65.5 Å². The fourth-order valence-electron chi connectivity index (χ4n) is 4.30. The number of nitrogens with zero attached hydrogens (tertiary/aromatic N) is 2. The van der Waals surface area contributed by atoms with Crippen LogP contribution in [0.1, 0.15) is 48.4 Å². The predicted octanol–water partition coefficient (Wildman–Crippen LogP) is 4.86. The van der Waals surface area contributed by atoms with Crippen molar-refractivity contribution in [2.45, 2.75) is 44.4 Å². The first-order valence-corrected chi connectivity index (χ1v) is 9.27. The van der Waals surface area contributed by atoms with Gasteiger partial charge >= 0.3 is 0 Å². The number of rotatable bonds is 1. The molecular formula is C22H22N2O2. The number of hydrogen-bond donors (Lipinski definition) is 1. The summed E-state index contributed by atoms with van der Waals surface area (Å²) in [6.45, 7) is 2.10. The van der Waals surface area contributed by atoms with Crippen molar-refractivity contribution >= 4 is 5.71 Å². The highest BCUT2D eigenvalue weighted by atomic mass is 16.5. The molecule has 0 saturated carbocycles. The molecule has 4 nitrogen and oxygen atoms in total. The minimum absolute atomic E-state index is 0.137. The second-order valence-corrected chi connectivity index (χ2v) is 7.45. The van der Waals surface area contributed by atoms with E-state index in [9.17, 15) is 5.11 Å². The molecule has 3 aliphatic rings. The van der Waals surface area contributed by atoms with Crippen LogP contribution in [-0.4, -0.2) is 21.6 Å². The van der Waals surface area contributed by atoms with Crippen LogP contribution in [0.2, 0.25) is 0 Å². The maximum Gasteiger partial charge on any atom is 0.220 e. The molecule has 1 aliphatic carbocycles. The van der Waals surface area contributed by atoms with Crippen LogP contribution < -0.4 is 4.74 Å². The molecule has 5 rings (SSSR count). The molecule has 2 aliphatic heterocycles. The summed E-state index contributed by atoms with van der Waals surface area (Å²) in [4.78, 5) is 0. The Bertz CT molecular complexity index is 916. The zero-order chi connectivity index (χ0) is 17.7. The third kappa shape index (κ3) is 2.32. The monoisotopic (exact) mass is 346 g/mol. The number of para-hydroxylation sites is 1. The molecule has 0 saturated heterocycles. The van der Waals surface area contributed by atoms with Gasteiger partial charge in [0.15, 0.2) is 0 Å². The van der Waals surface area contributed by atoms with E-state index in [-0.39, 0.29) is 6.04 Å². The van der Waals surface area contributed by atoms with Crippen molar-refractivity contribution in [2.75, 3.05) is 0 Å². The molecule has 0 unspecified atom stereocenters. The molecule has 2 aromatic carbocycles. The summed E-state index contributed by atoms with van der Waals surface area (Å²) in [6, 6.07) is 16.9. The van der Waals surface area contributed by atoms with E-state index in [4.69, 9.17) is 9.84 Å². The minimum Gasteiger partial charge on any atom is -0.512 e. The van der Waals surface area contributed by atoms with Crippen LogP contribution >= 0.6 is 0 Å². The lowest BCUT2D eigenvalue weighted by atomic mass is 9.90. The van der Waals surface area contributed by atoms with E-state index in [1.165, 1.54) is 11.1 Å². The molecule has 1 N–H and O–H groups in total. The van der Waals surface area contributed by atoms with Gasteiger partial charge in [0.1, 0.15) is 5.75 Å². The van der Waals surface area contributed by atoms with Crippen molar-refractivity contribution < 1.29 is 9.84 Å². The Kier molecular flexibility index (Phi) is 3.36. The molecule has 4 heteroatoms. The third-order valence-corrected chi connectivity index (χ3v) is 5.61. The molecular weight excluding hydrogens is 324 g/mol. The average Bonchev–Trinajstić information content (AvgIpc) is 3.09. The van der Waals surface area contributed by atoms with Gasteiger partial charge in [-0.25, -0.2) is 5.01 Å². The van der Waals surface area contributed by atoms with Crippen molar-refractivity contribution in [3.63, 3.8) is 0 Å². The van der Waals surface area contributed by atoms with E-state index in [2.05, 4.69) is 48.3 Å². The van der Waals surface area contributed by atoms with Crippen molar-refractivity contribution in [2.24, 2.45) is 5.10 Å². The van der Waals surface area contributed by atoms with Gasteiger partial charge in [-0.15, -0.1) is 0 Å². The van der Waals surface area contributed by atoms with Crippen LogP contribution in [0.3, 0.4) is 0 Å². The molecule has 1 spiro atoms. The second kappa shape index (κ2) is 5.63. The van der Waals surface area contributed by atoms with Crippen LogP contribution in [0, 0.1) is 6.92 Å². The number of hydrazone groups is 1. The Morgan fingerprint density at radius 2 is 1.96 bits per heavy atom. The summed E-state index contributed by atoms with van der Waals surface area (Å²) < 4.78 is 6.43. The van der Waals surface area contributed by atoms with Gasteiger partial charge in [0, 0.05) is 30.9 Å². The number of hydrogen-bond acceptors (Lipinski definition) is 4. The lowest BCUT2D eigenvalue weighted by Crippen LogP contribution is -2.53. The van der Waals surface area contributed by atoms with Crippen molar-refractivity contribution in [1.82, 2.24) is 5.01 Å². The van der Waals surface area contributed by atoms with Gasteiger partial charge < -0.3 is 9.84 Å². The first-order valence-electron chi connectivity index (χ1n) is 9.27. The molecule has 0 amide bonds. The molecule has 0 radical (unpaired) electrons. The van der Waals surface area contributed by atoms with Crippen molar-refractivity contribution in [1.29, 1.82) is 0 Å². The van der Waals surface area contributed by atoms with Gasteiger partial charge in [0.05, 0.1) is 17.5 Å². The summed E-state index contributed by atoms with van der Waals surface area (Å²) >= 11 is 0. The summed E-state index contributed by atoms with van der Waals surface area (Å²) in [5.74, 6) is 1.30. The Labute approximate surface area is 153 Å². The number of benzene rings is 2. The summed E-state index contributed by atoms with van der Waals surface area (Å²) in [5.41, 5.74) is 3.96. The zero-order valence-electron chi connectivity index (χ0n) is 14.9. The highest BCUT2D eigenvalue weighted by Gasteiger charge is 2.50. The van der Waals surface area contributed by atoms with Crippen LogP contribution in [0.4, 0.5) is 0 Å². The zero-order valence-corrected chi connectivity index (χ0v) is 14.9. The first kappa shape index (κ1) is 15.5. The van der Waals surface area contributed by atoms with Gasteiger partial charge in [-0.05, 0) is 25.0 Å². The molecule has 0 aromatic heterocycles. The number of aryl methyl sites for hydroxylation is 1. The molecule has 26 heavy (non-hydrogen) atoms. The molecule has 132 valence electrons. The number of fused-ring (bicyclic) bond motifs is 4. The molecule has 2 atom stereocenters. The molecule has 0 fully saturated rings. The van der Waals surface area contributed by atoms with Gasteiger partial charge in [-0.3, -0.25) is 0 Å². The van der Waals surface area contributed by atoms with E-state index in [1.807, 2.05) is 18.2 Å². The molecule has 0 bridgehead atoms. The van der Waals surface area contributed by atoms with E-state index < -0.39 is 5.72 Å². The number of aliphatic hydroxyl groups is 1. The Morgan fingerprint density at radius 1 is 1.15 bits per heavy atom. The van der Waals surface area contributed by atoms with Crippen LogP contribution in [0.5, 0.6) is 5.75 Å². The maximum atomic E-state index is 10.2. The molecule has 2 aromatic rings. The van der Waals surface area contributed by atoms with Gasteiger partial charge in [-0.2, -0.15) is 5.10 Å². The first-order chi connectivity index (χ1) is 12.6. The quantitative estimate of drug-likeness (QED) is 0.802. The Morgan fingerprint density at radius 3 is 2.77 bits per heavy atom. The fraction of sp³-hybridized carbons (Fsp3) is 0.318. The SMILES string of the molecule is Cc1ccc(C2=NN3[C@H](C2)c2ccccc2O[C@]32C=C(O)CCC2)cc1. The summed E-state index contributed by atoms with van der Waals surface area (Å²) in [7, 11) is 0. The van der Waals surface area contributed by atoms with E-state index >= 15 is 0 Å². The van der Waals surface area contributed by atoms with Crippen molar-refractivity contribution in [3.8, 4) is 5.75 Å². The number of aliphatic hydroxyl groups excluding tert-OH is 1. The standard InChI is InChI=1S/C22H22N2O2/c1-15-8-10-16(11-9-15)19-13-20-18-6-2-3-7-21(18)26-22(24(20)23-19)12-4-5-17(25)14-22/h2-3,6-11,14,20,25H,4-5,12-13H2,1H3/t20-,22-/m1/s1. The lowest BCUT2D eigenvalue weighted by molar-refractivity contribution is -0.0944. The van der Waals surface area contributed by atoms with Crippen LogP contribution in [-0.2, 0) is 0 Å². The van der Waals surface area contributed by atoms with E-state index in [0.717, 1.165) is 36.3 Å². The average molecular weight is 346 g/mol. The maximum absolute atomic E-state index is 10.2. The highest BCUT2D eigenvalue weighted by Crippen LogP contribution is 2.50. The smallest absolute Gasteiger partial charge is 0.220 e. The topological polar surface area (TPSA) is 45.1 Å². The number of allylic oxidation sites excluding steroid dienone is 1. The van der Waals surface area contributed by atoms with E-state index in [1.54, 1.807) is 0 Å². The largest absolute Gasteiger partial charge is 0.512 e. The lowest BCUT2D eigenvalue weighted by Gasteiger charge is -2.47. The predicted molar refractivity (Wildman–Crippen MR) is 101 cm³/mol. The van der Waals surface area contributed by atoms with Crippen molar-refractivity contribution in [3.05, 3.63) is 77.1 Å². The summed E-state index contributed by atoms with van der Waals surface area (Å²) in [5, 5.41) is 17.3. The Hall–Kier alpha value is -2.75. The Balaban J connectivity index is 1.63. The van der Waals surface area contributed by atoms with Gasteiger partial charge in [0.2, 0.25) is 5.72 Å². The van der Waals surface area contributed by atoms with Crippen LogP contribution in [0.25, 0.3) is 0 Å². The normalized spacial score (nSPS) is 26.7. The van der Waals surface area contributed by atoms with Gasteiger partial charge in [-0.1, -0.05) is 48.0 Å².